The quantitative estimate of drug-likeness (QED) is 0.432. The molecule has 1 aliphatic rings. The standard InChI is InChI=1S/C11H18O/c1-8-5-9(2)10(7-12)11(3,4)6-8/h7-8,10H,2,5-6H2,1,3-4H3. The summed E-state index contributed by atoms with van der Waals surface area (Å²) in [7, 11) is 0. The second kappa shape index (κ2) is 3.04. The summed E-state index contributed by atoms with van der Waals surface area (Å²) < 4.78 is 0. The van der Waals surface area contributed by atoms with Crippen LogP contribution in [-0.2, 0) is 4.79 Å². The maximum Gasteiger partial charge on any atom is 0.127 e. The van der Waals surface area contributed by atoms with Gasteiger partial charge < -0.3 is 4.79 Å². The molecule has 0 radical (unpaired) electrons. The molecule has 0 bridgehead atoms. The minimum Gasteiger partial charge on any atom is -0.303 e. The van der Waals surface area contributed by atoms with Crippen LogP contribution >= 0.6 is 0 Å². The van der Waals surface area contributed by atoms with Crippen molar-refractivity contribution in [2.45, 2.75) is 33.6 Å². The first-order chi connectivity index (χ1) is 5.47. The predicted octanol–water partition coefficient (Wildman–Crippen LogP) is 2.81. The molecule has 12 heavy (non-hydrogen) atoms. The van der Waals surface area contributed by atoms with Gasteiger partial charge in [-0.2, -0.15) is 0 Å². The Morgan fingerprint density at radius 3 is 2.58 bits per heavy atom. The molecular weight excluding hydrogens is 148 g/mol. The Kier molecular flexibility index (Phi) is 2.41. The van der Waals surface area contributed by atoms with Crippen LogP contribution < -0.4 is 0 Å². The van der Waals surface area contributed by atoms with Gasteiger partial charge in [0.1, 0.15) is 6.29 Å². The Balaban J connectivity index is 2.85. The molecule has 1 fully saturated rings. The zero-order valence-corrected chi connectivity index (χ0v) is 8.26. The maximum atomic E-state index is 10.8. The van der Waals surface area contributed by atoms with E-state index in [1.165, 1.54) is 0 Å². The highest BCUT2D eigenvalue weighted by atomic mass is 16.1. The monoisotopic (exact) mass is 166 g/mol. The molecule has 0 aromatic heterocycles. The topological polar surface area (TPSA) is 17.1 Å². The van der Waals surface area contributed by atoms with Crippen molar-refractivity contribution in [2.75, 3.05) is 0 Å². The van der Waals surface area contributed by atoms with Crippen molar-refractivity contribution in [1.82, 2.24) is 0 Å². The SMILES string of the molecule is C=C1CC(C)CC(C)(C)C1C=O. The minimum atomic E-state index is 0.0775. The fourth-order valence-corrected chi connectivity index (χ4v) is 2.50. The van der Waals surface area contributed by atoms with E-state index in [1.807, 2.05) is 0 Å². The second-order valence-corrected chi connectivity index (χ2v) is 4.77. The zero-order chi connectivity index (χ0) is 9.35. The predicted molar refractivity (Wildman–Crippen MR) is 50.9 cm³/mol. The first-order valence-corrected chi connectivity index (χ1v) is 4.60. The van der Waals surface area contributed by atoms with Gasteiger partial charge in [0, 0.05) is 5.92 Å². The summed E-state index contributed by atoms with van der Waals surface area (Å²) in [4.78, 5) is 10.8. The number of hydrogen-bond donors (Lipinski definition) is 0. The molecule has 1 heteroatoms. The largest absolute Gasteiger partial charge is 0.303 e. The Morgan fingerprint density at radius 1 is 1.58 bits per heavy atom. The fourth-order valence-electron chi connectivity index (χ4n) is 2.50. The average Bonchev–Trinajstić information content (AvgIpc) is 1.82. The van der Waals surface area contributed by atoms with E-state index in [1.54, 1.807) is 0 Å². The lowest BCUT2D eigenvalue weighted by Crippen LogP contribution is -2.33. The summed E-state index contributed by atoms with van der Waals surface area (Å²) >= 11 is 0. The van der Waals surface area contributed by atoms with Crippen LogP contribution in [0, 0.1) is 17.3 Å². The summed E-state index contributed by atoms with van der Waals surface area (Å²) in [6, 6.07) is 0. The van der Waals surface area contributed by atoms with Crippen LogP contribution in [-0.4, -0.2) is 6.29 Å². The second-order valence-electron chi connectivity index (χ2n) is 4.77. The molecule has 0 heterocycles. The Morgan fingerprint density at radius 2 is 2.17 bits per heavy atom. The summed E-state index contributed by atoms with van der Waals surface area (Å²) in [5.41, 5.74) is 1.24. The van der Waals surface area contributed by atoms with Crippen LogP contribution in [0.25, 0.3) is 0 Å². The van der Waals surface area contributed by atoms with E-state index in [4.69, 9.17) is 0 Å². The third kappa shape index (κ3) is 1.60. The molecule has 0 aromatic rings. The van der Waals surface area contributed by atoms with E-state index >= 15 is 0 Å². The summed E-state index contributed by atoms with van der Waals surface area (Å²) in [5.74, 6) is 0.761. The number of allylic oxidation sites excluding steroid dienone is 1. The van der Waals surface area contributed by atoms with Gasteiger partial charge in [-0.05, 0) is 24.2 Å². The van der Waals surface area contributed by atoms with Crippen molar-refractivity contribution >= 4 is 6.29 Å². The van der Waals surface area contributed by atoms with Crippen molar-refractivity contribution in [1.29, 1.82) is 0 Å². The van der Waals surface area contributed by atoms with Gasteiger partial charge in [-0.15, -0.1) is 0 Å². The Hall–Kier alpha value is -0.590. The Bertz CT molecular complexity index is 203. The van der Waals surface area contributed by atoms with Gasteiger partial charge in [-0.3, -0.25) is 0 Å². The van der Waals surface area contributed by atoms with Crippen LogP contribution in [0.15, 0.2) is 12.2 Å². The van der Waals surface area contributed by atoms with E-state index in [9.17, 15) is 4.79 Å². The molecule has 2 unspecified atom stereocenters. The molecule has 1 rings (SSSR count). The molecule has 1 saturated carbocycles. The molecule has 0 aromatic carbocycles. The van der Waals surface area contributed by atoms with Crippen LogP contribution in [0.2, 0.25) is 0 Å². The first-order valence-electron chi connectivity index (χ1n) is 4.60. The van der Waals surface area contributed by atoms with E-state index in [2.05, 4.69) is 27.4 Å². The Labute approximate surface area is 74.9 Å². The highest BCUT2D eigenvalue weighted by molar-refractivity contribution is 5.60. The third-order valence-corrected chi connectivity index (χ3v) is 2.90. The smallest absolute Gasteiger partial charge is 0.127 e. The summed E-state index contributed by atoms with van der Waals surface area (Å²) in [6.45, 7) is 10.5. The number of carbonyl (C=O) groups is 1. The van der Waals surface area contributed by atoms with Gasteiger partial charge in [0.2, 0.25) is 0 Å². The normalized spacial score (nSPS) is 34.8. The summed E-state index contributed by atoms with van der Waals surface area (Å²) in [6.07, 6.45) is 3.22. The van der Waals surface area contributed by atoms with Gasteiger partial charge in [0.25, 0.3) is 0 Å². The zero-order valence-electron chi connectivity index (χ0n) is 8.26. The molecule has 1 nitrogen and oxygen atoms in total. The molecule has 68 valence electrons. The molecule has 0 spiro atoms. The molecule has 1 aliphatic carbocycles. The molecule has 0 amide bonds. The third-order valence-electron chi connectivity index (χ3n) is 2.90. The van der Waals surface area contributed by atoms with Crippen LogP contribution in [0.4, 0.5) is 0 Å². The minimum absolute atomic E-state index is 0.0775. The lowest BCUT2D eigenvalue weighted by atomic mass is 9.64. The lowest BCUT2D eigenvalue weighted by molar-refractivity contribution is -0.113. The van der Waals surface area contributed by atoms with Crippen molar-refractivity contribution in [3.05, 3.63) is 12.2 Å². The molecule has 2 atom stereocenters. The van der Waals surface area contributed by atoms with Crippen LogP contribution in [0.5, 0.6) is 0 Å². The van der Waals surface area contributed by atoms with Gasteiger partial charge in [-0.1, -0.05) is 32.9 Å². The van der Waals surface area contributed by atoms with Crippen molar-refractivity contribution < 1.29 is 4.79 Å². The van der Waals surface area contributed by atoms with Gasteiger partial charge in [-0.25, -0.2) is 0 Å². The van der Waals surface area contributed by atoms with Gasteiger partial charge in [0.05, 0.1) is 0 Å². The van der Waals surface area contributed by atoms with Crippen molar-refractivity contribution in [3.63, 3.8) is 0 Å². The average molecular weight is 166 g/mol. The number of carbonyl (C=O) groups excluding carboxylic acids is 1. The molecule has 0 aliphatic heterocycles. The fraction of sp³-hybridized carbons (Fsp3) is 0.727. The molecular formula is C11H18O. The highest BCUT2D eigenvalue weighted by Gasteiger charge is 2.37. The van der Waals surface area contributed by atoms with Crippen molar-refractivity contribution in [2.24, 2.45) is 17.3 Å². The van der Waals surface area contributed by atoms with Crippen LogP contribution in [0.1, 0.15) is 33.6 Å². The van der Waals surface area contributed by atoms with Gasteiger partial charge in [0.15, 0.2) is 0 Å². The number of hydrogen-bond acceptors (Lipinski definition) is 1. The van der Waals surface area contributed by atoms with Gasteiger partial charge >= 0.3 is 0 Å². The maximum absolute atomic E-state index is 10.8. The lowest BCUT2D eigenvalue weighted by Gasteiger charge is -2.40. The van der Waals surface area contributed by atoms with E-state index in [0.29, 0.717) is 5.92 Å². The summed E-state index contributed by atoms with van der Waals surface area (Å²) in [5, 5.41) is 0. The highest BCUT2D eigenvalue weighted by Crippen LogP contribution is 2.44. The first kappa shape index (κ1) is 9.50. The van der Waals surface area contributed by atoms with E-state index in [0.717, 1.165) is 24.7 Å². The molecule has 0 saturated heterocycles. The van der Waals surface area contributed by atoms with E-state index < -0.39 is 0 Å². The van der Waals surface area contributed by atoms with E-state index in [-0.39, 0.29) is 11.3 Å². The number of rotatable bonds is 1. The van der Waals surface area contributed by atoms with Crippen LogP contribution in [0.3, 0.4) is 0 Å². The molecule has 0 N–H and O–H groups in total. The number of aldehydes is 1. The van der Waals surface area contributed by atoms with Crippen molar-refractivity contribution in [3.8, 4) is 0 Å².